The van der Waals surface area contributed by atoms with Crippen LogP contribution in [0.3, 0.4) is 0 Å². The highest BCUT2D eigenvalue weighted by atomic mass is 16.5. The minimum atomic E-state index is -0.561. The maximum absolute atomic E-state index is 12.5. The number of nitrogens with zero attached hydrogens (tertiary/aromatic N) is 1. The normalized spacial score (nSPS) is 32.0. The minimum Gasteiger partial charge on any atom is -0.475 e. The lowest BCUT2D eigenvalue weighted by molar-refractivity contribution is -0.0564. The summed E-state index contributed by atoms with van der Waals surface area (Å²) in [4.78, 5) is 30.4. The third kappa shape index (κ3) is 3.64. The van der Waals surface area contributed by atoms with Crippen LogP contribution >= 0.6 is 0 Å². The van der Waals surface area contributed by atoms with E-state index in [0.717, 1.165) is 24.2 Å². The van der Waals surface area contributed by atoms with Gasteiger partial charge in [0.15, 0.2) is 0 Å². The smallest absolute Gasteiger partial charge is 0.348 e. The van der Waals surface area contributed by atoms with E-state index in [1.54, 1.807) is 0 Å². The van der Waals surface area contributed by atoms with Gasteiger partial charge in [-0.3, -0.25) is 4.79 Å². The molecule has 5 rings (SSSR count). The van der Waals surface area contributed by atoms with Crippen molar-refractivity contribution < 1.29 is 9.53 Å². The summed E-state index contributed by atoms with van der Waals surface area (Å²) in [5, 5.41) is 2.99. The molecule has 0 atom stereocenters. The quantitative estimate of drug-likeness (QED) is 0.818. The van der Waals surface area contributed by atoms with Crippen LogP contribution in [0.25, 0.3) is 0 Å². The average Bonchev–Trinajstić information content (AvgIpc) is 2.52. The molecule has 2 N–H and O–H groups in total. The van der Waals surface area contributed by atoms with Crippen molar-refractivity contribution in [2.75, 3.05) is 6.54 Å². The highest BCUT2D eigenvalue weighted by Crippen LogP contribution is 2.61. The van der Waals surface area contributed by atoms with Crippen molar-refractivity contribution in [3.8, 4) is 5.88 Å². The molecule has 1 aromatic rings. The van der Waals surface area contributed by atoms with Crippen LogP contribution in [0.1, 0.15) is 69.3 Å². The van der Waals surface area contributed by atoms with Gasteiger partial charge in [0, 0.05) is 12.6 Å². The van der Waals surface area contributed by atoms with Gasteiger partial charge in [0.05, 0.1) is 6.10 Å². The largest absolute Gasteiger partial charge is 0.475 e. The molecule has 0 unspecified atom stereocenters. The Morgan fingerprint density at radius 1 is 1.27 bits per heavy atom. The van der Waals surface area contributed by atoms with Gasteiger partial charge in [-0.2, -0.15) is 4.98 Å². The molecule has 6 heteroatoms. The van der Waals surface area contributed by atoms with E-state index in [1.807, 2.05) is 13.8 Å². The lowest BCUT2D eigenvalue weighted by atomic mass is 9.49. The average molecular weight is 359 g/mol. The van der Waals surface area contributed by atoms with Crippen LogP contribution in [0.15, 0.2) is 10.9 Å². The molecule has 4 fully saturated rings. The Morgan fingerprint density at radius 3 is 2.46 bits per heavy atom. The summed E-state index contributed by atoms with van der Waals surface area (Å²) in [5.74, 6) is 2.69. The van der Waals surface area contributed by atoms with E-state index in [1.165, 1.54) is 44.6 Å². The number of ether oxygens (including phenoxy) is 1. The fourth-order valence-corrected chi connectivity index (χ4v) is 5.99. The molecule has 0 aliphatic heterocycles. The topological polar surface area (TPSA) is 84.1 Å². The Kier molecular flexibility index (Phi) is 4.53. The third-order valence-electron chi connectivity index (χ3n) is 6.43. The molecule has 4 aliphatic carbocycles. The molecule has 26 heavy (non-hydrogen) atoms. The summed E-state index contributed by atoms with van der Waals surface area (Å²) in [6.45, 7) is 4.37. The number of rotatable bonds is 6. The van der Waals surface area contributed by atoms with Gasteiger partial charge in [0.2, 0.25) is 5.88 Å². The van der Waals surface area contributed by atoms with E-state index in [-0.39, 0.29) is 23.6 Å². The predicted molar refractivity (Wildman–Crippen MR) is 98.2 cm³/mol. The second-order valence-corrected chi connectivity index (χ2v) is 9.03. The molecule has 142 valence electrons. The lowest BCUT2D eigenvalue weighted by Gasteiger charge is -2.57. The summed E-state index contributed by atoms with van der Waals surface area (Å²) >= 11 is 0. The van der Waals surface area contributed by atoms with Crippen molar-refractivity contribution >= 4 is 5.91 Å². The first kappa shape index (κ1) is 17.6. The van der Waals surface area contributed by atoms with Crippen LogP contribution in [0.4, 0.5) is 0 Å². The fraction of sp³-hybridized carbons (Fsp3) is 0.750. The van der Waals surface area contributed by atoms with E-state index in [2.05, 4.69) is 15.3 Å². The first-order valence-electron chi connectivity index (χ1n) is 9.97. The SMILES string of the molecule is CC(C)Oc1cc(C(=O)NCCC23CC4CC(CC(C4)C2)C3)[nH]c(=O)n1. The zero-order valence-electron chi connectivity index (χ0n) is 15.7. The van der Waals surface area contributed by atoms with Gasteiger partial charge in [-0.25, -0.2) is 4.79 Å². The first-order valence-corrected chi connectivity index (χ1v) is 9.97. The van der Waals surface area contributed by atoms with Crippen molar-refractivity contribution in [1.82, 2.24) is 15.3 Å². The molecule has 4 aliphatic rings. The van der Waals surface area contributed by atoms with Crippen molar-refractivity contribution in [2.24, 2.45) is 23.2 Å². The molecule has 6 nitrogen and oxygen atoms in total. The van der Waals surface area contributed by atoms with E-state index in [4.69, 9.17) is 4.74 Å². The van der Waals surface area contributed by atoms with Gasteiger partial charge in [-0.05, 0) is 82.0 Å². The molecule has 4 bridgehead atoms. The van der Waals surface area contributed by atoms with E-state index in [9.17, 15) is 9.59 Å². The first-order chi connectivity index (χ1) is 12.4. The maximum Gasteiger partial charge on any atom is 0.348 e. The number of amides is 1. The molecule has 1 aromatic heterocycles. The van der Waals surface area contributed by atoms with Crippen molar-refractivity contribution in [1.29, 1.82) is 0 Å². The van der Waals surface area contributed by atoms with Gasteiger partial charge in [0.25, 0.3) is 5.91 Å². The van der Waals surface area contributed by atoms with Gasteiger partial charge in [0.1, 0.15) is 5.69 Å². The van der Waals surface area contributed by atoms with Gasteiger partial charge < -0.3 is 15.0 Å². The summed E-state index contributed by atoms with van der Waals surface area (Å²) in [7, 11) is 0. The van der Waals surface area contributed by atoms with Gasteiger partial charge in [-0.15, -0.1) is 0 Å². The van der Waals surface area contributed by atoms with E-state index in [0.29, 0.717) is 12.0 Å². The van der Waals surface area contributed by atoms with Crippen LogP contribution in [-0.4, -0.2) is 28.5 Å². The maximum atomic E-state index is 12.5. The number of carbonyl (C=O) groups excluding carboxylic acids is 1. The fourth-order valence-electron chi connectivity index (χ4n) is 5.99. The lowest BCUT2D eigenvalue weighted by Crippen LogP contribution is -2.47. The predicted octanol–water partition coefficient (Wildman–Crippen LogP) is 2.89. The molecular formula is C20H29N3O3. The van der Waals surface area contributed by atoms with Crippen LogP contribution < -0.4 is 15.7 Å². The van der Waals surface area contributed by atoms with Crippen LogP contribution in [-0.2, 0) is 0 Å². The monoisotopic (exact) mass is 359 g/mol. The number of aromatic nitrogens is 2. The molecule has 4 saturated carbocycles. The Morgan fingerprint density at radius 2 is 1.88 bits per heavy atom. The number of aromatic amines is 1. The van der Waals surface area contributed by atoms with Gasteiger partial charge in [-0.1, -0.05) is 0 Å². The Hall–Kier alpha value is -1.85. The number of carbonyl (C=O) groups is 1. The summed E-state index contributed by atoms with van der Waals surface area (Å²) < 4.78 is 5.44. The zero-order chi connectivity index (χ0) is 18.3. The minimum absolute atomic E-state index is 0.101. The van der Waals surface area contributed by atoms with E-state index < -0.39 is 5.69 Å². The van der Waals surface area contributed by atoms with Gasteiger partial charge >= 0.3 is 5.69 Å². The molecule has 1 amide bonds. The number of hydrogen-bond donors (Lipinski definition) is 2. The molecule has 0 saturated heterocycles. The third-order valence-corrected chi connectivity index (χ3v) is 6.43. The zero-order valence-corrected chi connectivity index (χ0v) is 15.7. The molecule has 0 spiro atoms. The van der Waals surface area contributed by atoms with E-state index >= 15 is 0 Å². The second kappa shape index (κ2) is 6.71. The highest BCUT2D eigenvalue weighted by Gasteiger charge is 2.50. The molecule has 1 heterocycles. The van der Waals surface area contributed by atoms with Crippen LogP contribution in [0, 0.1) is 23.2 Å². The van der Waals surface area contributed by atoms with Crippen LogP contribution in [0.2, 0.25) is 0 Å². The number of nitrogens with one attached hydrogen (secondary N) is 2. The highest BCUT2D eigenvalue weighted by molar-refractivity contribution is 5.92. The Bertz CT molecular complexity index is 705. The van der Waals surface area contributed by atoms with Crippen LogP contribution in [0.5, 0.6) is 5.88 Å². The summed E-state index contributed by atoms with van der Waals surface area (Å²) in [6.07, 6.45) is 9.27. The standard InChI is InChI=1S/C20H29N3O3/c1-12(2)26-17-8-16(22-19(25)23-17)18(24)21-4-3-20-9-13-5-14(10-20)7-15(6-13)11-20/h8,12-15H,3-7,9-11H2,1-2H3,(H,21,24)(H,22,23,25). The van der Waals surface area contributed by atoms with Crippen molar-refractivity contribution in [2.45, 2.75) is 64.9 Å². The molecule has 0 aromatic carbocycles. The second-order valence-electron chi connectivity index (χ2n) is 9.03. The number of hydrogen-bond acceptors (Lipinski definition) is 4. The van der Waals surface area contributed by atoms with Crippen molar-refractivity contribution in [3.05, 3.63) is 22.2 Å². The Balaban J connectivity index is 1.36. The molecule has 0 radical (unpaired) electrons. The Labute approximate surface area is 154 Å². The molecular weight excluding hydrogens is 330 g/mol. The number of H-pyrrole nitrogens is 1. The summed E-state index contributed by atoms with van der Waals surface area (Å²) in [5.41, 5.74) is 0.0973. The van der Waals surface area contributed by atoms with Crippen molar-refractivity contribution in [3.63, 3.8) is 0 Å². The summed E-state index contributed by atoms with van der Waals surface area (Å²) in [6, 6.07) is 1.50.